The smallest absolute Gasteiger partial charge is 0.337 e. The number of rotatable bonds is 4. The van der Waals surface area contributed by atoms with Gasteiger partial charge in [0.15, 0.2) is 0 Å². The van der Waals surface area contributed by atoms with Crippen molar-refractivity contribution in [2.45, 2.75) is 6.54 Å². The third-order valence-electron chi connectivity index (χ3n) is 2.77. The molecule has 2 aromatic rings. The Bertz CT molecular complexity index is 631. The molecule has 3 nitrogen and oxygen atoms in total. The van der Waals surface area contributed by atoms with Crippen LogP contribution in [0.2, 0.25) is 0 Å². The summed E-state index contributed by atoms with van der Waals surface area (Å²) >= 11 is 3.37. The molecule has 0 aliphatic heterocycles. The first-order valence-electron chi connectivity index (χ1n) is 5.96. The molecule has 0 saturated carbocycles. The highest BCUT2D eigenvalue weighted by atomic mass is 79.9. The molecule has 104 valence electrons. The summed E-state index contributed by atoms with van der Waals surface area (Å²) in [6, 6.07) is 11.5. The van der Waals surface area contributed by atoms with Crippen molar-refractivity contribution in [3.05, 3.63) is 63.9 Å². The van der Waals surface area contributed by atoms with E-state index in [9.17, 15) is 9.18 Å². The van der Waals surface area contributed by atoms with Gasteiger partial charge in [0.25, 0.3) is 0 Å². The number of nitrogens with one attached hydrogen (secondary N) is 1. The SMILES string of the molecule is COC(=O)c1cccc(NCc2cc(F)ccc2Br)c1. The van der Waals surface area contributed by atoms with Gasteiger partial charge in [-0.3, -0.25) is 0 Å². The van der Waals surface area contributed by atoms with Crippen molar-refractivity contribution in [2.24, 2.45) is 0 Å². The Morgan fingerprint density at radius 1 is 1.30 bits per heavy atom. The number of carbonyl (C=O) groups is 1. The summed E-state index contributed by atoms with van der Waals surface area (Å²) < 4.78 is 18.7. The van der Waals surface area contributed by atoms with Crippen LogP contribution in [0.3, 0.4) is 0 Å². The number of anilines is 1. The van der Waals surface area contributed by atoms with Crippen LogP contribution in [-0.2, 0) is 11.3 Å². The topological polar surface area (TPSA) is 38.3 Å². The minimum Gasteiger partial charge on any atom is -0.465 e. The van der Waals surface area contributed by atoms with E-state index in [1.165, 1.54) is 19.2 Å². The summed E-state index contributed by atoms with van der Waals surface area (Å²) in [5.41, 5.74) is 2.04. The van der Waals surface area contributed by atoms with Crippen molar-refractivity contribution in [1.29, 1.82) is 0 Å². The van der Waals surface area contributed by atoms with Crippen LogP contribution < -0.4 is 5.32 Å². The fourth-order valence-corrected chi connectivity index (χ4v) is 2.14. The maximum Gasteiger partial charge on any atom is 0.337 e. The van der Waals surface area contributed by atoms with Crippen LogP contribution in [0.1, 0.15) is 15.9 Å². The van der Waals surface area contributed by atoms with Gasteiger partial charge < -0.3 is 10.1 Å². The molecule has 20 heavy (non-hydrogen) atoms. The Labute approximate surface area is 124 Å². The van der Waals surface area contributed by atoms with E-state index >= 15 is 0 Å². The second-order valence-electron chi connectivity index (χ2n) is 4.16. The number of hydrogen-bond acceptors (Lipinski definition) is 3. The van der Waals surface area contributed by atoms with Gasteiger partial charge in [0.05, 0.1) is 12.7 Å². The van der Waals surface area contributed by atoms with Crippen molar-refractivity contribution in [3.8, 4) is 0 Å². The highest BCUT2D eigenvalue weighted by Gasteiger charge is 2.06. The molecule has 5 heteroatoms. The molecule has 0 aromatic heterocycles. The summed E-state index contributed by atoms with van der Waals surface area (Å²) in [4.78, 5) is 11.4. The number of esters is 1. The van der Waals surface area contributed by atoms with Crippen LogP contribution >= 0.6 is 15.9 Å². The molecule has 1 N–H and O–H groups in total. The molecular weight excluding hydrogens is 325 g/mol. The zero-order valence-corrected chi connectivity index (χ0v) is 12.4. The van der Waals surface area contributed by atoms with E-state index in [2.05, 4.69) is 26.0 Å². The normalized spacial score (nSPS) is 10.2. The average Bonchev–Trinajstić information content (AvgIpc) is 2.47. The molecule has 0 unspecified atom stereocenters. The predicted molar refractivity (Wildman–Crippen MR) is 79.2 cm³/mol. The van der Waals surface area contributed by atoms with E-state index in [-0.39, 0.29) is 11.8 Å². The summed E-state index contributed by atoms with van der Waals surface area (Å²) in [7, 11) is 1.34. The molecule has 0 amide bonds. The molecule has 0 radical (unpaired) electrons. The highest BCUT2D eigenvalue weighted by Crippen LogP contribution is 2.20. The summed E-state index contributed by atoms with van der Waals surface area (Å²) in [5, 5.41) is 3.14. The first kappa shape index (κ1) is 14.5. The van der Waals surface area contributed by atoms with E-state index in [1.54, 1.807) is 24.3 Å². The zero-order chi connectivity index (χ0) is 14.5. The first-order valence-corrected chi connectivity index (χ1v) is 6.75. The maximum absolute atomic E-state index is 13.2. The fourth-order valence-electron chi connectivity index (χ4n) is 1.75. The van der Waals surface area contributed by atoms with Crippen LogP contribution in [0.5, 0.6) is 0 Å². The Hall–Kier alpha value is -1.88. The van der Waals surface area contributed by atoms with Crippen molar-refractivity contribution in [3.63, 3.8) is 0 Å². The largest absolute Gasteiger partial charge is 0.465 e. The molecule has 0 bridgehead atoms. The molecule has 0 heterocycles. The van der Waals surface area contributed by atoms with E-state index in [1.807, 2.05) is 6.07 Å². The fraction of sp³-hybridized carbons (Fsp3) is 0.133. The Kier molecular flexibility index (Phi) is 4.74. The van der Waals surface area contributed by atoms with Gasteiger partial charge in [-0.15, -0.1) is 0 Å². The summed E-state index contributed by atoms with van der Waals surface area (Å²) in [6.07, 6.45) is 0. The van der Waals surface area contributed by atoms with Gasteiger partial charge >= 0.3 is 5.97 Å². The standard InChI is InChI=1S/C15H13BrFNO2/c1-20-15(19)10-3-2-4-13(8-10)18-9-11-7-12(17)5-6-14(11)16/h2-8,18H,9H2,1H3. The lowest BCUT2D eigenvalue weighted by atomic mass is 10.2. The monoisotopic (exact) mass is 337 g/mol. The highest BCUT2D eigenvalue weighted by molar-refractivity contribution is 9.10. The number of hydrogen-bond donors (Lipinski definition) is 1. The molecule has 0 spiro atoms. The Morgan fingerprint density at radius 2 is 2.10 bits per heavy atom. The minimum absolute atomic E-state index is 0.284. The van der Waals surface area contributed by atoms with Crippen molar-refractivity contribution >= 4 is 27.6 Å². The number of methoxy groups -OCH3 is 1. The average molecular weight is 338 g/mol. The molecule has 0 aliphatic carbocycles. The number of ether oxygens (including phenoxy) is 1. The van der Waals surface area contributed by atoms with Crippen LogP contribution in [0, 0.1) is 5.82 Å². The number of carbonyl (C=O) groups excluding carboxylic acids is 1. The van der Waals surface area contributed by atoms with Crippen molar-refractivity contribution < 1.29 is 13.9 Å². The van der Waals surface area contributed by atoms with Gasteiger partial charge in [-0.05, 0) is 42.0 Å². The zero-order valence-electron chi connectivity index (χ0n) is 10.8. The molecule has 0 atom stereocenters. The van der Waals surface area contributed by atoms with Gasteiger partial charge in [-0.1, -0.05) is 22.0 Å². The van der Waals surface area contributed by atoms with E-state index in [4.69, 9.17) is 0 Å². The third kappa shape index (κ3) is 3.57. The molecule has 2 rings (SSSR count). The van der Waals surface area contributed by atoms with Gasteiger partial charge in [-0.25, -0.2) is 9.18 Å². The lowest BCUT2D eigenvalue weighted by Crippen LogP contribution is -2.04. The molecule has 0 fully saturated rings. The molecule has 0 saturated heterocycles. The lowest BCUT2D eigenvalue weighted by Gasteiger charge is -2.09. The number of halogens is 2. The first-order chi connectivity index (χ1) is 9.60. The Morgan fingerprint density at radius 3 is 2.85 bits per heavy atom. The Balaban J connectivity index is 2.11. The second kappa shape index (κ2) is 6.52. The van der Waals surface area contributed by atoms with Crippen molar-refractivity contribution in [1.82, 2.24) is 0 Å². The second-order valence-corrected chi connectivity index (χ2v) is 5.02. The molecule has 2 aromatic carbocycles. The molecule has 0 aliphatic rings. The van der Waals surface area contributed by atoms with Crippen LogP contribution in [0.4, 0.5) is 10.1 Å². The van der Waals surface area contributed by atoms with E-state index in [0.717, 1.165) is 15.7 Å². The third-order valence-corrected chi connectivity index (χ3v) is 3.55. The van der Waals surface area contributed by atoms with Gasteiger partial charge in [0.2, 0.25) is 0 Å². The predicted octanol–water partition coefficient (Wildman–Crippen LogP) is 3.99. The van der Waals surface area contributed by atoms with E-state index < -0.39 is 0 Å². The minimum atomic E-state index is -0.388. The van der Waals surface area contributed by atoms with Crippen molar-refractivity contribution in [2.75, 3.05) is 12.4 Å². The number of benzene rings is 2. The summed E-state index contributed by atoms with van der Waals surface area (Å²) in [6.45, 7) is 0.447. The van der Waals surface area contributed by atoms with Gasteiger partial charge in [0.1, 0.15) is 5.82 Å². The maximum atomic E-state index is 13.2. The van der Waals surface area contributed by atoms with Gasteiger partial charge in [0, 0.05) is 16.7 Å². The van der Waals surface area contributed by atoms with Crippen LogP contribution in [-0.4, -0.2) is 13.1 Å². The van der Waals surface area contributed by atoms with Crippen LogP contribution in [0.25, 0.3) is 0 Å². The van der Waals surface area contributed by atoms with E-state index in [0.29, 0.717) is 12.1 Å². The van der Waals surface area contributed by atoms with Gasteiger partial charge in [-0.2, -0.15) is 0 Å². The summed E-state index contributed by atoms with van der Waals surface area (Å²) in [5.74, 6) is -0.672. The van der Waals surface area contributed by atoms with Crippen LogP contribution in [0.15, 0.2) is 46.9 Å². The quantitative estimate of drug-likeness (QED) is 0.857. The molecular formula is C15H13BrFNO2. The lowest BCUT2D eigenvalue weighted by molar-refractivity contribution is 0.0601.